The van der Waals surface area contributed by atoms with Gasteiger partial charge >= 0.3 is 0 Å². The number of nitrogens with zero attached hydrogens (tertiary/aromatic N) is 1. The molecule has 0 spiro atoms. The number of nitrogen functional groups attached to an aromatic ring is 1. The number of aryl methyl sites for hydroxylation is 1. The first-order valence-corrected chi connectivity index (χ1v) is 6.76. The minimum atomic E-state index is 0.922. The lowest BCUT2D eigenvalue weighted by molar-refractivity contribution is 0.175. The van der Waals surface area contributed by atoms with Crippen LogP contribution in [0.1, 0.15) is 37.3 Å². The second kappa shape index (κ2) is 5.54. The zero-order valence-electron chi connectivity index (χ0n) is 11.1. The van der Waals surface area contributed by atoms with E-state index in [0.717, 1.165) is 18.2 Å². The van der Waals surface area contributed by atoms with Crippen molar-refractivity contribution in [1.82, 2.24) is 4.90 Å². The molecule has 0 saturated carbocycles. The molecule has 0 aromatic heterocycles. The molecule has 1 heterocycles. The van der Waals surface area contributed by atoms with E-state index < -0.39 is 0 Å². The summed E-state index contributed by atoms with van der Waals surface area (Å²) < 4.78 is 0. The van der Waals surface area contributed by atoms with Crippen LogP contribution >= 0.6 is 0 Å². The van der Waals surface area contributed by atoms with E-state index in [0.29, 0.717) is 0 Å². The summed E-state index contributed by atoms with van der Waals surface area (Å²) in [7, 11) is 0. The molecule has 2 heteroatoms. The SMILES string of the molecule is CCC1CCN(Cc2ccc(C)c(N)c2)CC1. The largest absolute Gasteiger partial charge is 0.399 e. The Kier molecular flexibility index (Phi) is 4.06. The zero-order valence-corrected chi connectivity index (χ0v) is 11.1. The van der Waals surface area contributed by atoms with E-state index in [1.165, 1.54) is 43.5 Å². The number of nitrogens with two attached hydrogens (primary N) is 1. The van der Waals surface area contributed by atoms with Crippen LogP contribution in [0.15, 0.2) is 18.2 Å². The summed E-state index contributed by atoms with van der Waals surface area (Å²) in [6.07, 6.45) is 4.06. The molecule has 1 aromatic rings. The molecular formula is C15H24N2. The van der Waals surface area contributed by atoms with Crippen molar-refractivity contribution in [3.63, 3.8) is 0 Å². The number of hydrogen-bond donors (Lipinski definition) is 1. The molecule has 1 aliphatic heterocycles. The topological polar surface area (TPSA) is 29.3 Å². The van der Waals surface area contributed by atoms with Crippen molar-refractivity contribution in [3.8, 4) is 0 Å². The summed E-state index contributed by atoms with van der Waals surface area (Å²) in [5.74, 6) is 0.953. The van der Waals surface area contributed by atoms with Gasteiger partial charge < -0.3 is 5.73 Å². The summed E-state index contributed by atoms with van der Waals surface area (Å²) in [6.45, 7) is 7.91. The first-order valence-electron chi connectivity index (χ1n) is 6.76. The third-order valence-electron chi connectivity index (χ3n) is 4.03. The van der Waals surface area contributed by atoms with Crippen LogP contribution in [0.5, 0.6) is 0 Å². The van der Waals surface area contributed by atoms with Gasteiger partial charge in [-0.25, -0.2) is 0 Å². The monoisotopic (exact) mass is 232 g/mol. The van der Waals surface area contributed by atoms with E-state index >= 15 is 0 Å². The van der Waals surface area contributed by atoms with Crippen LogP contribution in [0.3, 0.4) is 0 Å². The number of hydrogen-bond acceptors (Lipinski definition) is 2. The fraction of sp³-hybridized carbons (Fsp3) is 0.600. The van der Waals surface area contributed by atoms with Gasteiger partial charge in [-0.1, -0.05) is 25.5 Å². The van der Waals surface area contributed by atoms with E-state index in [1.807, 2.05) is 0 Å². The Morgan fingerprint density at radius 1 is 1.29 bits per heavy atom. The van der Waals surface area contributed by atoms with Gasteiger partial charge in [0.25, 0.3) is 0 Å². The molecule has 94 valence electrons. The maximum atomic E-state index is 5.95. The lowest BCUT2D eigenvalue weighted by atomic mass is 9.94. The van der Waals surface area contributed by atoms with Gasteiger partial charge in [-0.3, -0.25) is 4.90 Å². The molecule has 0 atom stereocenters. The van der Waals surface area contributed by atoms with E-state index in [2.05, 4.69) is 36.9 Å². The molecule has 1 saturated heterocycles. The highest BCUT2D eigenvalue weighted by atomic mass is 15.1. The summed E-state index contributed by atoms with van der Waals surface area (Å²) in [4.78, 5) is 2.55. The third kappa shape index (κ3) is 3.22. The molecule has 0 unspecified atom stereocenters. The summed E-state index contributed by atoms with van der Waals surface area (Å²) in [6, 6.07) is 6.46. The first-order chi connectivity index (χ1) is 8.19. The fourth-order valence-corrected chi connectivity index (χ4v) is 2.60. The molecule has 17 heavy (non-hydrogen) atoms. The lowest BCUT2D eigenvalue weighted by Gasteiger charge is -2.31. The minimum absolute atomic E-state index is 0.922. The van der Waals surface area contributed by atoms with Crippen molar-refractivity contribution in [1.29, 1.82) is 0 Å². The Morgan fingerprint density at radius 2 is 2.00 bits per heavy atom. The molecule has 0 amide bonds. The van der Waals surface area contributed by atoms with Crippen molar-refractivity contribution in [2.24, 2.45) is 5.92 Å². The normalized spacial score (nSPS) is 18.5. The summed E-state index contributed by atoms with van der Waals surface area (Å²) >= 11 is 0. The fourth-order valence-electron chi connectivity index (χ4n) is 2.60. The van der Waals surface area contributed by atoms with Gasteiger partial charge in [0.15, 0.2) is 0 Å². The van der Waals surface area contributed by atoms with Crippen LogP contribution in [-0.4, -0.2) is 18.0 Å². The van der Waals surface area contributed by atoms with E-state index in [1.54, 1.807) is 0 Å². The second-order valence-electron chi connectivity index (χ2n) is 5.32. The van der Waals surface area contributed by atoms with E-state index in [4.69, 9.17) is 5.73 Å². The lowest BCUT2D eigenvalue weighted by Crippen LogP contribution is -2.33. The zero-order chi connectivity index (χ0) is 12.3. The highest BCUT2D eigenvalue weighted by Crippen LogP contribution is 2.22. The first kappa shape index (κ1) is 12.4. The molecule has 2 nitrogen and oxygen atoms in total. The molecular weight excluding hydrogens is 208 g/mol. The predicted octanol–water partition coefficient (Wildman–Crippen LogP) is 3.20. The van der Waals surface area contributed by atoms with Crippen molar-refractivity contribution in [3.05, 3.63) is 29.3 Å². The van der Waals surface area contributed by atoms with Gasteiger partial charge in [0.1, 0.15) is 0 Å². The van der Waals surface area contributed by atoms with E-state index in [-0.39, 0.29) is 0 Å². The van der Waals surface area contributed by atoms with Gasteiger partial charge in [0.2, 0.25) is 0 Å². The summed E-state index contributed by atoms with van der Waals surface area (Å²) in [5.41, 5.74) is 9.40. The Bertz CT molecular complexity index is 365. The Morgan fingerprint density at radius 3 is 2.59 bits per heavy atom. The maximum absolute atomic E-state index is 5.95. The quantitative estimate of drug-likeness (QED) is 0.811. The van der Waals surface area contributed by atoms with Gasteiger partial charge in [-0.15, -0.1) is 0 Å². The highest BCUT2D eigenvalue weighted by molar-refractivity contribution is 5.48. The Balaban J connectivity index is 1.91. The molecule has 1 aliphatic rings. The minimum Gasteiger partial charge on any atom is -0.399 e. The Labute approximate surface area is 105 Å². The van der Waals surface area contributed by atoms with E-state index in [9.17, 15) is 0 Å². The average molecular weight is 232 g/mol. The molecule has 2 N–H and O–H groups in total. The maximum Gasteiger partial charge on any atom is 0.0346 e. The van der Waals surface area contributed by atoms with Crippen molar-refractivity contribution < 1.29 is 0 Å². The molecule has 0 bridgehead atoms. The van der Waals surface area contributed by atoms with Gasteiger partial charge in [0, 0.05) is 12.2 Å². The molecule has 2 rings (SSSR count). The number of rotatable bonds is 3. The van der Waals surface area contributed by atoms with Crippen molar-refractivity contribution in [2.75, 3.05) is 18.8 Å². The van der Waals surface area contributed by atoms with Crippen LogP contribution in [0.2, 0.25) is 0 Å². The smallest absolute Gasteiger partial charge is 0.0346 e. The van der Waals surface area contributed by atoms with Gasteiger partial charge in [-0.05, 0) is 56.0 Å². The number of likely N-dealkylation sites (tertiary alicyclic amines) is 1. The number of piperidine rings is 1. The molecule has 1 fully saturated rings. The summed E-state index contributed by atoms with van der Waals surface area (Å²) in [5, 5.41) is 0. The Hall–Kier alpha value is -1.02. The number of anilines is 1. The molecule has 1 aromatic carbocycles. The van der Waals surface area contributed by atoms with Crippen molar-refractivity contribution in [2.45, 2.75) is 39.7 Å². The number of benzene rings is 1. The highest BCUT2D eigenvalue weighted by Gasteiger charge is 2.17. The van der Waals surface area contributed by atoms with Crippen LogP contribution in [0.4, 0.5) is 5.69 Å². The van der Waals surface area contributed by atoms with Crippen molar-refractivity contribution >= 4 is 5.69 Å². The van der Waals surface area contributed by atoms with Crippen LogP contribution < -0.4 is 5.73 Å². The van der Waals surface area contributed by atoms with Crippen LogP contribution in [0.25, 0.3) is 0 Å². The van der Waals surface area contributed by atoms with Gasteiger partial charge in [-0.2, -0.15) is 0 Å². The van der Waals surface area contributed by atoms with Crippen LogP contribution in [0, 0.1) is 12.8 Å². The molecule has 0 aliphatic carbocycles. The standard InChI is InChI=1S/C15H24N2/c1-3-13-6-8-17(9-7-13)11-14-5-4-12(2)15(16)10-14/h4-5,10,13H,3,6-9,11,16H2,1-2H3. The predicted molar refractivity (Wildman–Crippen MR) is 73.9 cm³/mol. The van der Waals surface area contributed by atoms with Crippen LogP contribution in [-0.2, 0) is 6.54 Å². The third-order valence-corrected chi connectivity index (χ3v) is 4.03. The average Bonchev–Trinajstić information content (AvgIpc) is 2.35. The molecule has 0 radical (unpaired) electrons. The van der Waals surface area contributed by atoms with Gasteiger partial charge in [0.05, 0.1) is 0 Å². The second-order valence-corrected chi connectivity index (χ2v) is 5.32.